The van der Waals surface area contributed by atoms with E-state index in [1.54, 1.807) is 0 Å². The lowest BCUT2D eigenvalue weighted by Crippen LogP contribution is -2.28. The van der Waals surface area contributed by atoms with Crippen molar-refractivity contribution in [3.63, 3.8) is 0 Å². The smallest absolute Gasteiger partial charge is 0.407 e. The van der Waals surface area contributed by atoms with Gasteiger partial charge in [-0.15, -0.1) is 0 Å². The van der Waals surface area contributed by atoms with Crippen LogP contribution in [0.15, 0.2) is 24.3 Å². The van der Waals surface area contributed by atoms with Gasteiger partial charge in [-0.2, -0.15) is 0 Å². The van der Waals surface area contributed by atoms with Crippen molar-refractivity contribution in [3.05, 3.63) is 35.4 Å². The van der Waals surface area contributed by atoms with Crippen LogP contribution in [0, 0.1) is 35.5 Å². The number of hydrogen-bond donors (Lipinski definition) is 2. The molecule has 6 atom stereocenters. The number of benzene rings is 1. The Balaban J connectivity index is 0.989. The molecule has 4 bridgehead atoms. The van der Waals surface area contributed by atoms with E-state index in [0.717, 1.165) is 34.8 Å². The summed E-state index contributed by atoms with van der Waals surface area (Å²) in [6, 6.07) is 7.86. The monoisotopic (exact) mass is 440 g/mol. The topological polar surface area (TPSA) is 76.7 Å². The lowest BCUT2D eigenvalue weighted by Gasteiger charge is -2.21. The summed E-state index contributed by atoms with van der Waals surface area (Å²) in [5.74, 6) is 4.36. The highest BCUT2D eigenvalue weighted by Crippen LogP contribution is 2.49. The van der Waals surface area contributed by atoms with Gasteiger partial charge in [0.15, 0.2) is 0 Å². The maximum atomic E-state index is 12.1. The second-order valence-electron chi connectivity index (χ2n) is 10.6. The van der Waals surface area contributed by atoms with Gasteiger partial charge in [-0.3, -0.25) is 0 Å². The molecule has 2 amide bonds. The Hall–Kier alpha value is -2.24. The number of hydrogen-bond acceptors (Lipinski definition) is 4. The van der Waals surface area contributed by atoms with Crippen molar-refractivity contribution in [1.82, 2.24) is 10.6 Å². The molecule has 4 aliphatic carbocycles. The second kappa shape index (κ2) is 9.72. The number of carbonyl (C=O) groups excluding carboxylic acids is 2. The van der Waals surface area contributed by atoms with Gasteiger partial charge in [-0.25, -0.2) is 9.59 Å². The van der Waals surface area contributed by atoms with Crippen LogP contribution in [0.4, 0.5) is 9.59 Å². The molecular formula is C26H36N2O4. The molecule has 1 aromatic rings. The van der Waals surface area contributed by atoms with Crippen molar-refractivity contribution < 1.29 is 19.1 Å². The number of amides is 2. The van der Waals surface area contributed by atoms with Crippen LogP contribution >= 0.6 is 0 Å². The van der Waals surface area contributed by atoms with Gasteiger partial charge in [0.1, 0.15) is 0 Å². The average Bonchev–Trinajstić information content (AvgIpc) is 3.61. The van der Waals surface area contributed by atoms with Crippen molar-refractivity contribution in [2.24, 2.45) is 35.5 Å². The maximum absolute atomic E-state index is 12.1. The molecular weight excluding hydrogens is 404 g/mol. The minimum Gasteiger partial charge on any atom is -0.449 e. The van der Waals surface area contributed by atoms with E-state index in [4.69, 9.17) is 9.47 Å². The molecule has 2 N–H and O–H groups in total. The summed E-state index contributed by atoms with van der Waals surface area (Å²) in [5.41, 5.74) is 1.97. The molecule has 6 unspecified atom stereocenters. The largest absolute Gasteiger partial charge is 0.449 e. The molecule has 0 spiro atoms. The van der Waals surface area contributed by atoms with Crippen molar-refractivity contribution in [2.45, 2.75) is 64.5 Å². The molecule has 4 aliphatic rings. The number of fused-ring (bicyclic) bond motifs is 4. The van der Waals surface area contributed by atoms with Crippen molar-refractivity contribution in [2.75, 3.05) is 13.2 Å². The molecule has 5 rings (SSSR count). The summed E-state index contributed by atoms with van der Waals surface area (Å²) in [7, 11) is 0. The zero-order valence-electron chi connectivity index (χ0n) is 18.9. The zero-order valence-corrected chi connectivity index (χ0v) is 18.9. The molecule has 0 aromatic heterocycles. The van der Waals surface area contributed by atoms with Crippen molar-refractivity contribution in [1.29, 1.82) is 0 Å². The molecule has 174 valence electrons. The SMILES string of the molecule is O=C(NCc1cccc(CNC(=O)OCC2CC3CCC2C3)c1)OCC1CC2CCC1C2. The third-order valence-corrected chi connectivity index (χ3v) is 8.49. The number of carbonyl (C=O) groups is 2. The normalized spacial score (nSPS) is 32.1. The Morgan fingerprint density at radius 1 is 0.750 bits per heavy atom. The average molecular weight is 441 g/mol. The summed E-state index contributed by atoms with van der Waals surface area (Å²) in [6.45, 7) is 1.92. The summed E-state index contributed by atoms with van der Waals surface area (Å²) in [4.78, 5) is 24.2. The fraction of sp³-hybridized carbons (Fsp3) is 0.692. The van der Waals surface area contributed by atoms with Crippen LogP contribution < -0.4 is 10.6 Å². The zero-order chi connectivity index (χ0) is 21.9. The van der Waals surface area contributed by atoms with Gasteiger partial charge < -0.3 is 20.1 Å². The Morgan fingerprint density at radius 3 is 1.66 bits per heavy atom. The molecule has 4 fully saturated rings. The molecule has 4 saturated carbocycles. The third kappa shape index (κ3) is 5.21. The number of ether oxygens (including phenoxy) is 2. The van der Waals surface area contributed by atoms with E-state index in [9.17, 15) is 9.59 Å². The Bertz CT molecular complexity index is 765. The number of rotatable bonds is 8. The lowest BCUT2D eigenvalue weighted by molar-refractivity contribution is 0.110. The summed E-state index contributed by atoms with van der Waals surface area (Å²) in [5, 5.41) is 5.70. The fourth-order valence-corrected chi connectivity index (χ4v) is 6.83. The maximum Gasteiger partial charge on any atom is 0.407 e. The van der Waals surface area contributed by atoms with Gasteiger partial charge >= 0.3 is 12.2 Å². The lowest BCUT2D eigenvalue weighted by atomic mass is 9.90. The van der Waals surface area contributed by atoms with E-state index >= 15 is 0 Å². The van der Waals surface area contributed by atoms with Crippen molar-refractivity contribution in [3.8, 4) is 0 Å². The molecule has 6 nitrogen and oxygen atoms in total. The minimum absolute atomic E-state index is 0.347. The highest BCUT2D eigenvalue weighted by molar-refractivity contribution is 5.67. The summed E-state index contributed by atoms with van der Waals surface area (Å²) in [6.07, 6.45) is 9.72. The van der Waals surface area contributed by atoms with E-state index in [0.29, 0.717) is 38.1 Å². The highest BCUT2D eigenvalue weighted by atomic mass is 16.6. The van der Waals surface area contributed by atoms with Crippen molar-refractivity contribution >= 4 is 12.2 Å². The van der Waals surface area contributed by atoms with E-state index in [2.05, 4.69) is 10.6 Å². The predicted octanol–water partition coefficient (Wildman–Crippen LogP) is 5.01. The van der Waals surface area contributed by atoms with E-state index in [1.165, 1.54) is 51.4 Å². The second-order valence-corrected chi connectivity index (χ2v) is 10.6. The molecule has 32 heavy (non-hydrogen) atoms. The van der Waals surface area contributed by atoms with Crippen LogP contribution in [0.5, 0.6) is 0 Å². The van der Waals surface area contributed by atoms with Gasteiger partial charge in [0.05, 0.1) is 13.2 Å². The summed E-state index contributed by atoms with van der Waals surface area (Å²) < 4.78 is 10.9. The Morgan fingerprint density at radius 2 is 1.25 bits per heavy atom. The van der Waals surface area contributed by atoms with Gasteiger partial charge in [0.25, 0.3) is 0 Å². The van der Waals surface area contributed by atoms with E-state index in [-0.39, 0.29) is 12.2 Å². The van der Waals surface area contributed by atoms with E-state index in [1.807, 2.05) is 24.3 Å². The van der Waals surface area contributed by atoms with Gasteiger partial charge in [0.2, 0.25) is 0 Å². The highest BCUT2D eigenvalue weighted by Gasteiger charge is 2.40. The van der Waals surface area contributed by atoms with Crippen LogP contribution in [-0.4, -0.2) is 25.4 Å². The molecule has 1 aromatic carbocycles. The van der Waals surface area contributed by atoms with Gasteiger partial charge in [0, 0.05) is 13.1 Å². The molecule has 0 radical (unpaired) electrons. The predicted molar refractivity (Wildman–Crippen MR) is 121 cm³/mol. The minimum atomic E-state index is -0.347. The fourth-order valence-electron chi connectivity index (χ4n) is 6.83. The van der Waals surface area contributed by atoms with Crippen LogP contribution in [0.3, 0.4) is 0 Å². The first-order chi connectivity index (χ1) is 15.6. The Kier molecular flexibility index (Phi) is 6.56. The Labute approximate surface area is 190 Å². The molecule has 6 heteroatoms. The molecule has 0 saturated heterocycles. The molecule has 0 heterocycles. The standard InChI is InChI=1S/C26H36N2O4/c29-25(31-15-23-11-17-4-6-21(23)9-17)27-13-19-2-1-3-20(8-19)14-28-26(30)32-16-24-12-18-5-7-22(24)10-18/h1-3,8,17-18,21-24H,4-7,9-16H2,(H,27,29)(H,28,30). The van der Waals surface area contributed by atoms with Crippen LogP contribution in [0.2, 0.25) is 0 Å². The number of nitrogens with one attached hydrogen (secondary N) is 2. The van der Waals surface area contributed by atoms with Gasteiger partial charge in [-0.1, -0.05) is 37.1 Å². The van der Waals surface area contributed by atoms with Crippen LogP contribution in [0.25, 0.3) is 0 Å². The van der Waals surface area contributed by atoms with Crippen LogP contribution in [-0.2, 0) is 22.6 Å². The van der Waals surface area contributed by atoms with Gasteiger partial charge in [-0.05, 0) is 85.2 Å². The summed E-state index contributed by atoms with van der Waals surface area (Å²) >= 11 is 0. The first-order valence-electron chi connectivity index (χ1n) is 12.5. The van der Waals surface area contributed by atoms with Crippen LogP contribution in [0.1, 0.15) is 62.5 Å². The molecule has 0 aliphatic heterocycles. The quantitative estimate of drug-likeness (QED) is 0.596. The van der Waals surface area contributed by atoms with E-state index < -0.39 is 0 Å². The first kappa shape index (κ1) is 21.6. The third-order valence-electron chi connectivity index (χ3n) is 8.49. The number of alkyl carbamates (subject to hydrolysis) is 2. The first-order valence-corrected chi connectivity index (χ1v) is 12.5.